The van der Waals surface area contributed by atoms with Gasteiger partial charge in [0.2, 0.25) is 0 Å². The van der Waals surface area contributed by atoms with Gasteiger partial charge in [-0.25, -0.2) is 9.59 Å². The molecule has 2 aromatic rings. The lowest BCUT2D eigenvalue weighted by Gasteiger charge is -2.13. The fourth-order valence-electron chi connectivity index (χ4n) is 2.13. The van der Waals surface area contributed by atoms with Crippen molar-refractivity contribution in [2.75, 3.05) is 20.0 Å². The Labute approximate surface area is 136 Å². The van der Waals surface area contributed by atoms with Crippen LogP contribution in [0.5, 0.6) is 0 Å². The summed E-state index contributed by atoms with van der Waals surface area (Å²) >= 11 is 6.19. The first kappa shape index (κ1) is 16.4. The van der Waals surface area contributed by atoms with E-state index in [1.807, 2.05) is 6.07 Å². The number of carbonyl (C=O) groups excluding carboxylic acids is 2. The second-order valence-electron chi connectivity index (χ2n) is 4.41. The minimum absolute atomic E-state index is 0.0566. The first-order chi connectivity index (χ1) is 11.0. The summed E-state index contributed by atoms with van der Waals surface area (Å²) in [7, 11) is 2.40. The van der Waals surface area contributed by atoms with Gasteiger partial charge in [0.25, 0.3) is 0 Å². The molecule has 2 N–H and O–H groups in total. The number of nitrogens with zero attached hydrogens (tertiary/aromatic N) is 2. The van der Waals surface area contributed by atoms with Crippen LogP contribution in [0.1, 0.15) is 26.4 Å². The van der Waals surface area contributed by atoms with Gasteiger partial charge in [0.15, 0.2) is 5.69 Å². The van der Waals surface area contributed by atoms with Crippen LogP contribution in [0.2, 0.25) is 5.02 Å². The van der Waals surface area contributed by atoms with E-state index in [9.17, 15) is 9.59 Å². The molecule has 23 heavy (non-hydrogen) atoms. The Hall–Kier alpha value is -2.98. The molecule has 0 aliphatic carbocycles. The van der Waals surface area contributed by atoms with E-state index in [0.717, 1.165) is 0 Å². The van der Waals surface area contributed by atoms with E-state index in [1.54, 1.807) is 6.07 Å². The molecule has 0 saturated heterocycles. The normalized spacial score (nSPS) is 10.0. The van der Waals surface area contributed by atoms with Crippen molar-refractivity contribution in [2.45, 2.75) is 0 Å². The molecule has 1 aromatic heterocycles. The molecule has 2 rings (SSSR count). The number of ether oxygens (including phenoxy) is 2. The monoisotopic (exact) mass is 333 g/mol. The van der Waals surface area contributed by atoms with Crippen LogP contribution in [-0.2, 0) is 9.47 Å². The van der Waals surface area contributed by atoms with Gasteiger partial charge in [-0.15, -0.1) is 0 Å². The highest BCUT2D eigenvalue weighted by Gasteiger charge is 2.26. The second kappa shape index (κ2) is 6.42. The molecule has 0 bridgehead atoms. The van der Waals surface area contributed by atoms with Crippen molar-refractivity contribution >= 4 is 29.2 Å². The maximum atomic E-state index is 12.0. The second-order valence-corrected chi connectivity index (χ2v) is 4.81. The van der Waals surface area contributed by atoms with Crippen LogP contribution in [0.15, 0.2) is 24.4 Å². The van der Waals surface area contributed by atoms with Crippen LogP contribution in [0.3, 0.4) is 0 Å². The number of rotatable bonds is 3. The lowest BCUT2D eigenvalue weighted by molar-refractivity contribution is 0.0582. The molecule has 118 valence electrons. The predicted molar refractivity (Wildman–Crippen MR) is 82.6 cm³/mol. The number of esters is 2. The lowest BCUT2D eigenvalue weighted by Crippen LogP contribution is -2.14. The number of carbonyl (C=O) groups is 2. The Morgan fingerprint density at radius 3 is 2.48 bits per heavy atom. The zero-order valence-corrected chi connectivity index (χ0v) is 13.0. The quantitative estimate of drug-likeness (QED) is 0.862. The number of aromatic nitrogens is 1. The van der Waals surface area contributed by atoms with Crippen molar-refractivity contribution in [1.82, 2.24) is 4.57 Å². The molecule has 7 nitrogen and oxygen atoms in total. The summed E-state index contributed by atoms with van der Waals surface area (Å²) in [4.78, 5) is 24.0. The third kappa shape index (κ3) is 2.72. The number of nitriles is 1. The van der Waals surface area contributed by atoms with Crippen molar-refractivity contribution in [3.63, 3.8) is 0 Å². The topological polar surface area (TPSA) is 107 Å². The highest BCUT2D eigenvalue weighted by molar-refractivity contribution is 6.33. The molecule has 1 aromatic carbocycles. The number of nitrogens with two attached hydrogens (primary N) is 1. The summed E-state index contributed by atoms with van der Waals surface area (Å²) in [5.74, 6) is -1.41. The summed E-state index contributed by atoms with van der Waals surface area (Å²) in [5, 5.41) is 9.31. The summed E-state index contributed by atoms with van der Waals surface area (Å²) in [5.41, 5.74) is 6.03. The van der Waals surface area contributed by atoms with E-state index < -0.39 is 11.9 Å². The summed E-state index contributed by atoms with van der Waals surface area (Å²) in [6.45, 7) is 0. The zero-order chi connectivity index (χ0) is 17.1. The van der Waals surface area contributed by atoms with Crippen LogP contribution in [0.25, 0.3) is 5.69 Å². The van der Waals surface area contributed by atoms with Crippen molar-refractivity contribution in [1.29, 1.82) is 5.26 Å². The molecule has 0 radical (unpaired) electrons. The molecule has 0 saturated carbocycles. The van der Waals surface area contributed by atoms with Gasteiger partial charge < -0.3 is 19.8 Å². The van der Waals surface area contributed by atoms with E-state index in [4.69, 9.17) is 32.1 Å². The molecule has 1 heterocycles. The molecular weight excluding hydrogens is 322 g/mol. The highest BCUT2D eigenvalue weighted by atomic mass is 35.5. The smallest absolute Gasteiger partial charge is 0.357 e. The fraction of sp³-hybridized carbons (Fsp3) is 0.133. The summed E-state index contributed by atoms with van der Waals surface area (Å²) in [6, 6.07) is 6.45. The number of benzene rings is 1. The molecule has 0 fully saturated rings. The van der Waals surface area contributed by atoms with E-state index in [-0.39, 0.29) is 33.2 Å². The maximum Gasteiger partial charge on any atom is 0.357 e. The largest absolute Gasteiger partial charge is 0.465 e. The molecule has 0 unspecified atom stereocenters. The number of nitrogen functional groups attached to an aromatic ring is 1. The van der Waals surface area contributed by atoms with Crippen LogP contribution in [0.4, 0.5) is 5.69 Å². The number of anilines is 1. The number of hydrogen-bond donors (Lipinski definition) is 1. The van der Waals surface area contributed by atoms with Crippen LogP contribution >= 0.6 is 11.6 Å². The van der Waals surface area contributed by atoms with Gasteiger partial charge in [-0.2, -0.15) is 5.26 Å². The lowest BCUT2D eigenvalue weighted by atomic mass is 10.1. The average molecular weight is 334 g/mol. The highest BCUT2D eigenvalue weighted by Crippen LogP contribution is 2.31. The van der Waals surface area contributed by atoms with Crippen LogP contribution in [-0.4, -0.2) is 30.7 Å². The van der Waals surface area contributed by atoms with Crippen molar-refractivity contribution in [2.24, 2.45) is 0 Å². The molecule has 0 atom stereocenters. The summed E-state index contributed by atoms with van der Waals surface area (Å²) < 4.78 is 10.7. The average Bonchev–Trinajstić information content (AvgIpc) is 2.89. The molecule has 0 aliphatic rings. The Kier molecular flexibility index (Phi) is 4.57. The Morgan fingerprint density at radius 2 is 1.91 bits per heavy atom. The van der Waals surface area contributed by atoms with Gasteiger partial charge in [-0.3, -0.25) is 0 Å². The first-order valence-corrected chi connectivity index (χ1v) is 6.70. The standard InChI is InChI=1S/C15H12ClN3O4/c1-22-14(20)9-4-3-5-10(16)12(9)19-7-8(6-17)11(18)13(19)15(21)23-2/h3-5,7H,18H2,1-2H3. The van der Waals surface area contributed by atoms with Gasteiger partial charge in [-0.05, 0) is 12.1 Å². The summed E-state index contributed by atoms with van der Waals surface area (Å²) in [6.07, 6.45) is 1.31. The first-order valence-electron chi connectivity index (χ1n) is 6.32. The minimum Gasteiger partial charge on any atom is -0.465 e. The van der Waals surface area contributed by atoms with Gasteiger partial charge in [0, 0.05) is 6.20 Å². The molecule has 8 heteroatoms. The van der Waals surface area contributed by atoms with E-state index in [2.05, 4.69) is 0 Å². The van der Waals surface area contributed by atoms with Crippen LogP contribution < -0.4 is 5.73 Å². The molecule has 0 amide bonds. The number of hydrogen-bond acceptors (Lipinski definition) is 6. The van der Waals surface area contributed by atoms with Crippen molar-refractivity contribution in [3.8, 4) is 11.8 Å². The SMILES string of the molecule is COC(=O)c1cccc(Cl)c1-n1cc(C#N)c(N)c1C(=O)OC. The van der Waals surface area contributed by atoms with E-state index >= 15 is 0 Å². The van der Waals surface area contributed by atoms with Gasteiger partial charge >= 0.3 is 11.9 Å². The minimum atomic E-state index is -0.764. The van der Waals surface area contributed by atoms with Crippen molar-refractivity contribution in [3.05, 3.63) is 46.2 Å². The third-order valence-corrected chi connectivity index (χ3v) is 3.48. The van der Waals surface area contributed by atoms with E-state index in [0.29, 0.717) is 0 Å². The molecular formula is C15H12ClN3O4. The Morgan fingerprint density at radius 1 is 1.26 bits per heavy atom. The third-order valence-electron chi connectivity index (χ3n) is 3.18. The Bertz CT molecular complexity index is 836. The number of methoxy groups -OCH3 is 2. The number of halogens is 1. The number of para-hydroxylation sites is 1. The maximum absolute atomic E-state index is 12.0. The molecule has 0 aliphatic heterocycles. The zero-order valence-electron chi connectivity index (χ0n) is 12.3. The van der Waals surface area contributed by atoms with Gasteiger partial charge in [0.1, 0.15) is 6.07 Å². The van der Waals surface area contributed by atoms with Gasteiger partial charge in [0.05, 0.1) is 41.7 Å². The fourth-order valence-corrected chi connectivity index (χ4v) is 2.39. The van der Waals surface area contributed by atoms with Crippen LogP contribution in [0, 0.1) is 11.3 Å². The van der Waals surface area contributed by atoms with E-state index in [1.165, 1.54) is 37.1 Å². The predicted octanol–water partition coefficient (Wildman–Crippen LogP) is 2.16. The van der Waals surface area contributed by atoms with Gasteiger partial charge in [-0.1, -0.05) is 17.7 Å². The molecule has 0 spiro atoms. The Balaban J connectivity index is 2.85. The van der Waals surface area contributed by atoms with Crippen molar-refractivity contribution < 1.29 is 19.1 Å².